The van der Waals surface area contributed by atoms with Gasteiger partial charge in [0.1, 0.15) is 27.4 Å². The van der Waals surface area contributed by atoms with Crippen molar-refractivity contribution in [3.8, 4) is 11.4 Å². The number of amides is 1. The van der Waals surface area contributed by atoms with Crippen LogP contribution in [-0.4, -0.2) is 50.4 Å². The molecule has 1 fully saturated rings. The molecule has 2 atom stereocenters. The lowest BCUT2D eigenvalue weighted by molar-refractivity contribution is -0.136. The predicted octanol–water partition coefficient (Wildman–Crippen LogP) is 2.82. The van der Waals surface area contributed by atoms with Crippen molar-refractivity contribution in [1.82, 2.24) is 14.5 Å². The number of benzene rings is 2. The fourth-order valence-corrected chi connectivity index (χ4v) is 4.43. The summed E-state index contributed by atoms with van der Waals surface area (Å²) in [6, 6.07) is 7.09. The summed E-state index contributed by atoms with van der Waals surface area (Å²) in [6.45, 7) is 4.77. The van der Waals surface area contributed by atoms with Crippen LogP contribution in [0.3, 0.4) is 0 Å². The van der Waals surface area contributed by atoms with Crippen molar-refractivity contribution in [3.63, 3.8) is 0 Å². The molecule has 4 rings (SSSR count). The quantitative estimate of drug-likeness (QED) is 0.619. The summed E-state index contributed by atoms with van der Waals surface area (Å²) < 4.78 is 56.7. The van der Waals surface area contributed by atoms with Crippen LogP contribution in [0.25, 0.3) is 22.4 Å². The highest BCUT2D eigenvalue weighted by Crippen LogP contribution is 2.32. The maximum Gasteiger partial charge on any atom is 0.219 e. The summed E-state index contributed by atoms with van der Waals surface area (Å²) in [5.41, 5.74) is 1.72. The highest BCUT2D eigenvalue weighted by Gasteiger charge is 2.27. The minimum Gasteiger partial charge on any atom is -0.373 e. The van der Waals surface area contributed by atoms with E-state index < -0.39 is 38.1 Å². The Morgan fingerprint density at radius 3 is 2.62 bits per heavy atom. The first-order valence-corrected chi connectivity index (χ1v) is 11.6. The molecule has 0 spiro atoms. The third-order valence-electron chi connectivity index (χ3n) is 5.46. The molecule has 2 heterocycles. The number of carbonyl (C=O) groups is 1. The number of carbonyl (C=O) groups excluding carboxylic acids is 1. The number of imidazole rings is 1. The number of fused-ring (bicyclic) bond motifs is 1. The molecule has 3 N–H and O–H groups in total. The van der Waals surface area contributed by atoms with Gasteiger partial charge in [0.05, 0.1) is 40.7 Å². The summed E-state index contributed by atoms with van der Waals surface area (Å²) in [4.78, 5) is 17.5. The fourth-order valence-electron chi connectivity index (χ4n) is 3.87. The topological polar surface area (TPSA) is 114 Å². The fraction of sp³-hybridized carbons (Fsp3) is 0.333. The van der Waals surface area contributed by atoms with Crippen LogP contribution in [0.5, 0.6) is 0 Å². The molecule has 1 unspecified atom stereocenters. The van der Waals surface area contributed by atoms with E-state index in [2.05, 4.69) is 4.98 Å². The lowest BCUT2D eigenvalue weighted by Gasteiger charge is -2.32. The first kappa shape index (κ1) is 22.3. The molecule has 1 saturated heterocycles. The number of nitrogens with two attached hydrogens (primary N) is 1. The molecule has 0 saturated carbocycles. The zero-order valence-electron chi connectivity index (χ0n) is 17.6. The van der Waals surface area contributed by atoms with Gasteiger partial charge in [-0.15, -0.1) is 0 Å². The van der Waals surface area contributed by atoms with Gasteiger partial charge in [-0.1, -0.05) is 6.07 Å². The maximum absolute atomic E-state index is 15.0. The Kier molecular flexibility index (Phi) is 5.74. The number of ether oxygens (including phenoxy) is 1. The minimum absolute atomic E-state index is 0.0317. The predicted molar refractivity (Wildman–Crippen MR) is 115 cm³/mol. The minimum atomic E-state index is -3.79. The largest absolute Gasteiger partial charge is 0.373 e. The van der Waals surface area contributed by atoms with E-state index in [4.69, 9.17) is 14.7 Å². The van der Waals surface area contributed by atoms with Gasteiger partial charge in [-0.25, -0.2) is 27.9 Å². The van der Waals surface area contributed by atoms with E-state index in [1.807, 2.05) is 19.1 Å². The van der Waals surface area contributed by atoms with E-state index in [1.165, 1.54) is 6.92 Å². The summed E-state index contributed by atoms with van der Waals surface area (Å²) >= 11 is 0. The third-order valence-corrected chi connectivity index (χ3v) is 6.40. The van der Waals surface area contributed by atoms with E-state index in [9.17, 15) is 9.00 Å². The summed E-state index contributed by atoms with van der Waals surface area (Å²) in [5.74, 6) is -2.08. The first-order chi connectivity index (χ1) is 15.0. The van der Waals surface area contributed by atoms with Crippen LogP contribution >= 0.6 is 0 Å². The number of nitrogens with zero attached hydrogens (tertiary/aromatic N) is 3. The van der Waals surface area contributed by atoms with Crippen molar-refractivity contribution in [2.45, 2.75) is 31.4 Å². The van der Waals surface area contributed by atoms with Gasteiger partial charge in [-0.3, -0.25) is 4.79 Å². The molecule has 1 aliphatic heterocycles. The number of hydrogen-bond acceptors (Lipinski definition) is 5. The second-order valence-corrected chi connectivity index (χ2v) is 9.53. The second kappa shape index (κ2) is 8.23. The Morgan fingerprint density at radius 1 is 1.31 bits per heavy atom. The zero-order chi connectivity index (χ0) is 23.2. The standard InChI is InChI=1S/C21H23F2N5O3S/c1-12-3-4-19-18(7-12)26-21(20-16(22)8-15(9-17(20)23)32(24,25)30)28(19)11-14-10-27(13(2)29)5-6-31-14/h3-4,7-9,14H,5-6,10-11H2,1-2H3,(H3,24,25,30)/t14-/m1/s1. The molecule has 2 aromatic carbocycles. The Hall–Kier alpha value is -2.89. The van der Waals surface area contributed by atoms with Gasteiger partial charge in [0.25, 0.3) is 0 Å². The average Bonchev–Trinajstić information content (AvgIpc) is 3.04. The molecule has 3 aromatic rings. The van der Waals surface area contributed by atoms with Crippen molar-refractivity contribution in [3.05, 3.63) is 47.5 Å². The van der Waals surface area contributed by atoms with E-state index in [0.29, 0.717) is 30.7 Å². The Morgan fingerprint density at radius 2 is 2.00 bits per heavy atom. The number of hydrogen-bond donors (Lipinski definition) is 2. The molecular formula is C21H23F2N5O3S. The number of aryl methyl sites for hydroxylation is 1. The molecule has 1 aliphatic rings. The van der Waals surface area contributed by atoms with Crippen LogP contribution in [0.1, 0.15) is 12.5 Å². The van der Waals surface area contributed by atoms with Crippen LogP contribution in [0.15, 0.2) is 35.2 Å². The highest BCUT2D eigenvalue weighted by atomic mass is 32.2. The molecule has 0 radical (unpaired) electrons. The Labute approximate surface area is 184 Å². The third kappa shape index (κ3) is 4.23. The van der Waals surface area contributed by atoms with Crippen LogP contribution in [-0.2, 0) is 26.0 Å². The van der Waals surface area contributed by atoms with E-state index in [-0.39, 0.29) is 18.3 Å². The van der Waals surface area contributed by atoms with E-state index in [0.717, 1.165) is 17.7 Å². The van der Waals surface area contributed by atoms with Gasteiger partial charge in [-0.2, -0.15) is 0 Å². The number of halogens is 2. The summed E-state index contributed by atoms with van der Waals surface area (Å²) in [5, 5.41) is 5.24. The Bertz CT molecular complexity index is 1300. The van der Waals surface area contributed by atoms with Crippen molar-refractivity contribution >= 4 is 26.9 Å². The molecule has 32 heavy (non-hydrogen) atoms. The zero-order valence-corrected chi connectivity index (χ0v) is 18.4. The van der Waals surface area contributed by atoms with Gasteiger partial charge in [0, 0.05) is 20.0 Å². The SMILES string of the molecule is CC(=O)N1CCO[C@@H](Cn2c(-c3c(F)cc(S(=N)(N)=O)cc3F)nc3cc(C)ccc32)C1. The second-order valence-electron chi connectivity index (χ2n) is 7.86. The molecule has 1 amide bonds. The van der Waals surface area contributed by atoms with Crippen LogP contribution < -0.4 is 5.14 Å². The number of rotatable bonds is 4. The lowest BCUT2D eigenvalue weighted by atomic mass is 10.1. The van der Waals surface area contributed by atoms with Crippen LogP contribution in [0.4, 0.5) is 8.78 Å². The summed E-state index contributed by atoms with van der Waals surface area (Å²) in [7, 11) is -3.79. The van der Waals surface area contributed by atoms with Gasteiger partial charge in [0.2, 0.25) is 5.91 Å². The number of nitrogens with one attached hydrogen (secondary N) is 1. The van der Waals surface area contributed by atoms with Gasteiger partial charge < -0.3 is 14.2 Å². The Balaban J connectivity index is 1.85. The van der Waals surface area contributed by atoms with Gasteiger partial charge >= 0.3 is 0 Å². The maximum atomic E-state index is 15.0. The average molecular weight is 464 g/mol. The van der Waals surface area contributed by atoms with Crippen LogP contribution in [0.2, 0.25) is 0 Å². The number of aromatic nitrogens is 2. The normalized spacial score (nSPS) is 18.7. The molecule has 1 aromatic heterocycles. The smallest absolute Gasteiger partial charge is 0.219 e. The first-order valence-electron chi connectivity index (χ1n) is 9.94. The van der Waals surface area contributed by atoms with Crippen molar-refractivity contribution < 1.29 is 22.5 Å². The van der Waals surface area contributed by atoms with Crippen molar-refractivity contribution in [1.29, 1.82) is 4.78 Å². The highest BCUT2D eigenvalue weighted by molar-refractivity contribution is 7.90. The van der Waals surface area contributed by atoms with Gasteiger partial charge in [0.15, 0.2) is 0 Å². The lowest BCUT2D eigenvalue weighted by Crippen LogP contribution is -2.46. The molecular weight excluding hydrogens is 440 g/mol. The molecule has 170 valence electrons. The van der Waals surface area contributed by atoms with Crippen LogP contribution in [0, 0.1) is 23.3 Å². The summed E-state index contributed by atoms with van der Waals surface area (Å²) in [6.07, 6.45) is -0.397. The molecule has 0 aliphatic carbocycles. The molecule has 0 bridgehead atoms. The molecule has 8 nitrogen and oxygen atoms in total. The van der Waals surface area contributed by atoms with Gasteiger partial charge in [-0.05, 0) is 36.8 Å². The van der Waals surface area contributed by atoms with E-state index >= 15 is 8.78 Å². The van der Waals surface area contributed by atoms with E-state index in [1.54, 1.807) is 15.5 Å². The van der Waals surface area contributed by atoms with Crippen molar-refractivity contribution in [2.24, 2.45) is 5.14 Å². The monoisotopic (exact) mass is 463 g/mol. The van der Waals surface area contributed by atoms with Crippen molar-refractivity contribution in [2.75, 3.05) is 19.7 Å². The number of morpholine rings is 1. The molecule has 11 heteroatoms.